The van der Waals surface area contributed by atoms with Crippen LogP contribution in [-0.2, 0) is 6.54 Å². The van der Waals surface area contributed by atoms with Crippen molar-refractivity contribution in [2.24, 2.45) is 0 Å². The van der Waals surface area contributed by atoms with Crippen LogP contribution >= 0.6 is 11.3 Å². The number of imidazole rings is 1. The van der Waals surface area contributed by atoms with Crippen LogP contribution in [0.1, 0.15) is 34.7 Å². The van der Waals surface area contributed by atoms with Gasteiger partial charge < -0.3 is 14.0 Å². The maximum atomic E-state index is 8.76. The molecule has 0 aliphatic carbocycles. The van der Waals surface area contributed by atoms with Crippen LogP contribution < -0.4 is 15.0 Å². The summed E-state index contributed by atoms with van der Waals surface area (Å²) in [6.45, 7) is 4.08. The van der Waals surface area contributed by atoms with E-state index in [-0.39, 0.29) is 5.84 Å². The van der Waals surface area contributed by atoms with Crippen molar-refractivity contribution >= 4 is 17.2 Å². The minimum atomic E-state index is -0.0419. The predicted molar refractivity (Wildman–Crippen MR) is 137 cm³/mol. The summed E-state index contributed by atoms with van der Waals surface area (Å²) in [6, 6.07) is 15.2. The fourth-order valence-corrected chi connectivity index (χ4v) is 4.57. The molecule has 0 unspecified atom stereocenters. The molecule has 4 rings (SSSR count). The van der Waals surface area contributed by atoms with Crippen LogP contribution in [0.5, 0.6) is 11.5 Å². The molecule has 3 N–H and O–H groups in total. The number of benzene rings is 2. The van der Waals surface area contributed by atoms with Crippen molar-refractivity contribution in [3.05, 3.63) is 82.7 Å². The van der Waals surface area contributed by atoms with Gasteiger partial charge in [-0.1, -0.05) is 0 Å². The average Bonchev–Trinajstić information content (AvgIpc) is 3.53. The Balaban J connectivity index is 1.17. The zero-order valence-electron chi connectivity index (χ0n) is 19.6. The van der Waals surface area contributed by atoms with Gasteiger partial charge in [-0.15, -0.1) is 11.3 Å². The summed E-state index contributed by atoms with van der Waals surface area (Å²) < 4.78 is 13.7. The monoisotopic (exact) mass is 491 g/mol. The Bertz CT molecular complexity index is 1210. The second-order valence-electron chi connectivity index (χ2n) is 8.03. The Morgan fingerprint density at radius 1 is 1.00 bits per heavy atom. The molecule has 2 aromatic carbocycles. The summed E-state index contributed by atoms with van der Waals surface area (Å²) in [5.74, 6) is 1.57. The highest BCUT2D eigenvalue weighted by atomic mass is 32.1. The first kappa shape index (κ1) is 24.4. The number of ether oxygens (including phenoxy) is 2. The summed E-state index contributed by atoms with van der Waals surface area (Å²) >= 11 is 1.71. The van der Waals surface area contributed by atoms with E-state index >= 15 is 0 Å². The van der Waals surface area contributed by atoms with E-state index in [4.69, 9.17) is 25.1 Å². The smallest absolute Gasteiger partial charge is 0.149 e. The van der Waals surface area contributed by atoms with Crippen LogP contribution in [0.2, 0.25) is 0 Å². The van der Waals surface area contributed by atoms with E-state index in [2.05, 4.69) is 21.7 Å². The first-order chi connectivity index (χ1) is 17.1. The standard InChI is InChI=1S/C26H29N5O3S/c1-19-29-25(24(35-19)17-31-14-13-28-18-31)20-5-9-22(10-6-20)33-15-3-2-4-16-34-23-11-7-21(8-12-23)26(27)30-32/h5-14,18,32H,2-4,15-17H2,1H3,(H2,27,30). The Hall–Kier alpha value is -3.69. The zero-order valence-corrected chi connectivity index (χ0v) is 20.4. The van der Waals surface area contributed by atoms with Gasteiger partial charge in [-0.05, 0) is 74.7 Å². The van der Waals surface area contributed by atoms with E-state index in [1.165, 1.54) is 4.88 Å². The van der Waals surface area contributed by atoms with E-state index in [0.29, 0.717) is 18.8 Å². The number of thiazole rings is 1. The lowest BCUT2D eigenvalue weighted by atomic mass is 10.1. The van der Waals surface area contributed by atoms with Crippen molar-refractivity contribution in [2.75, 3.05) is 13.2 Å². The highest BCUT2D eigenvalue weighted by molar-refractivity contribution is 7.12. The summed E-state index contributed by atoms with van der Waals surface area (Å²) in [6.07, 6.45) is 8.46. The average molecular weight is 492 g/mol. The molecule has 0 bridgehead atoms. The van der Waals surface area contributed by atoms with Gasteiger partial charge in [0.1, 0.15) is 17.3 Å². The molecule has 0 saturated carbocycles. The number of amidine groups is 1. The predicted octanol–water partition coefficient (Wildman–Crippen LogP) is 5.30. The summed E-state index contributed by atoms with van der Waals surface area (Å²) in [5, 5.41) is 17.3. The van der Waals surface area contributed by atoms with Crippen LogP contribution in [-0.4, -0.2) is 38.8 Å². The van der Waals surface area contributed by atoms with Crippen molar-refractivity contribution < 1.29 is 14.7 Å². The second-order valence-corrected chi connectivity index (χ2v) is 9.32. The molecule has 4 aromatic rings. The number of aromatic nitrogens is 3. The number of unbranched alkanes of at least 4 members (excludes halogenated alkanes) is 2. The highest BCUT2D eigenvalue weighted by Crippen LogP contribution is 2.30. The maximum absolute atomic E-state index is 8.76. The van der Waals surface area contributed by atoms with Gasteiger partial charge in [-0.2, -0.15) is 0 Å². The molecule has 9 heteroatoms. The third-order valence-corrected chi connectivity index (χ3v) is 6.35. The Kier molecular flexibility index (Phi) is 8.48. The molecule has 2 heterocycles. The van der Waals surface area contributed by atoms with Crippen LogP contribution in [0.3, 0.4) is 0 Å². The van der Waals surface area contributed by atoms with Gasteiger partial charge in [0.05, 0.1) is 41.7 Å². The first-order valence-corrected chi connectivity index (χ1v) is 12.3. The van der Waals surface area contributed by atoms with E-state index in [9.17, 15) is 0 Å². The number of nitrogens with one attached hydrogen (secondary N) is 2. The van der Waals surface area contributed by atoms with E-state index in [1.54, 1.807) is 41.8 Å². The molecule has 0 radical (unpaired) electrons. The van der Waals surface area contributed by atoms with Crippen LogP contribution in [0, 0.1) is 12.3 Å². The summed E-state index contributed by atoms with van der Waals surface area (Å²) in [4.78, 5) is 10.1. The molecule has 2 aromatic heterocycles. The lowest BCUT2D eigenvalue weighted by molar-refractivity contribution is 0.234. The number of rotatable bonds is 12. The van der Waals surface area contributed by atoms with Crippen molar-refractivity contribution in [1.29, 1.82) is 5.41 Å². The minimum Gasteiger partial charge on any atom is -0.494 e. The fraction of sp³-hybridized carbons (Fsp3) is 0.269. The Morgan fingerprint density at radius 3 is 2.26 bits per heavy atom. The molecule has 0 amide bonds. The van der Waals surface area contributed by atoms with Crippen molar-refractivity contribution in [2.45, 2.75) is 32.7 Å². The molecule has 35 heavy (non-hydrogen) atoms. The lowest BCUT2D eigenvalue weighted by Crippen LogP contribution is -2.18. The van der Waals surface area contributed by atoms with Gasteiger partial charge in [-0.3, -0.25) is 16.1 Å². The molecular formula is C26H29N5O3S. The molecule has 0 saturated heterocycles. The van der Waals surface area contributed by atoms with Gasteiger partial charge in [0, 0.05) is 23.5 Å². The van der Waals surface area contributed by atoms with E-state index in [1.807, 2.05) is 37.1 Å². The number of aryl methyl sites for hydroxylation is 1. The third kappa shape index (κ3) is 6.91. The molecule has 0 atom stereocenters. The quantitative estimate of drug-likeness (QED) is 0.108. The molecule has 0 aliphatic rings. The van der Waals surface area contributed by atoms with E-state index < -0.39 is 0 Å². The summed E-state index contributed by atoms with van der Waals surface area (Å²) in [5.41, 5.74) is 4.54. The van der Waals surface area contributed by atoms with Gasteiger partial charge in [0.2, 0.25) is 0 Å². The number of nitrogens with zero attached hydrogens (tertiary/aromatic N) is 3. The zero-order chi connectivity index (χ0) is 24.5. The lowest BCUT2D eigenvalue weighted by Gasteiger charge is -2.09. The van der Waals surface area contributed by atoms with Crippen LogP contribution in [0.15, 0.2) is 67.3 Å². The number of hydrogen-bond acceptors (Lipinski definition) is 7. The molecule has 0 fully saturated rings. The fourth-order valence-electron chi connectivity index (χ4n) is 3.60. The highest BCUT2D eigenvalue weighted by Gasteiger charge is 2.12. The largest absolute Gasteiger partial charge is 0.494 e. The molecule has 8 nitrogen and oxygen atoms in total. The topological polar surface area (TPSA) is 105 Å². The molecular weight excluding hydrogens is 462 g/mol. The minimum absolute atomic E-state index is 0.0419. The van der Waals surface area contributed by atoms with Crippen LogP contribution in [0.25, 0.3) is 11.3 Å². The van der Waals surface area contributed by atoms with Gasteiger partial charge >= 0.3 is 0 Å². The molecule has 182 valence electrons. The van der Waals surface area contributed by atoms with Crippen molar-refractivity contribution in [1.82, 2.24) is 20.0 Å². The number of hydrogen-bond donors (Lipinski definition) is 3. The number of hydroxylamine groups is 1. The normalized spacial score (nSPS) is 10.8. The van der Waals surface area contributed by atoms with Crippen molar-refractivity contribution in [3.63, 3.8) is 0 Å². The van der Waals surface area contributed by atoms with Gasteiger partial charge in [0.15, 0.2) is 0 Å². The Labute approximate surface area is 208 Å². The van der Waals surface area contributed by atoms with Crippen LogP contribution in [0.4, 0.5) is 0 Å². The first-order valence-electron chi connectivity index (χ1n) is 11.5. The Morgan fingerprint density at radius 2 is 1.66 bits per heavy atom. The van der Waals surface area contributed by atoms with Crippen molar-refractivity contribution in [3.8, 4) is 22.8 Å². The third-order valence-electron chi connectivity index (χ3n) is 5.40. The maximum Gasteiger partial charge on any atom is 0.149 e. The second kappa shape index (κ2) is 12.1. The van der Waals surface area contributed by atoms with Gasteiger partial charge in [-0.25, -0.2) is 9.97 Å². The molecule has 0 spiro atoms. The summed E-state index contributed by atoms with van der Waals surface area (Å²) in [7, 11) is 0. The van der Waals surface area contributed by atoms with Gasteiger partial charge in [0.25, 0.3) is 0 Å². The van der Waals surface area contributed by atoms with E-state index in [0.717, 1.165) is 53.6 Å². The molecule has 0 aliphatic heterocycles. The SMILES string of the molecule is Cc1nc(-c2ccc(OCCCCCOc3ccc(C(=N)NO)cc3)cc2)c(Cn2ccnc2)s1.